The van der Waals surface area contributed by atoms with Gasteiger partial charge in [0.25, 0.3) is 0 Å². The average Bonchev–Trinajstić information content (AvgIpc) is 2.75. The van der Waals surface area contributed by atoms with Gasteiger partial charge in [0.1, 0.15) is 0 Å². The molecule has 0 amide bonds. The van der Waals surface area contributed by atoms with E-state index < -0.39 is 11.4 Å². The molecule has 4 nitrogen and oxygen atoms in total. The van der Waals surface area contributed by atoms with Crippen LogP contribution in [0.5, 0.6) is 0 Å². The summed E-state index contributed by atoms with van der Waals surface area (Å²) in [7, 11) is 0. The van der Waals surface area contributed by atoms with E-state index in [4.69, 9.17) is 0 Å². The molecule has 4 saturated carbocycles. The summed E-state index contributed by atoms with van der Waals surface area (Å²) in [5, 5.41) is 14.1. The van der Waals surface area contributed by atoms with Crippen molar-refractivity contribution in [1.82, 2.24) is 0 Å². The lowest BCUT2D eigenvalue weighted by molar-refractivity contribution is -0.191. The van der Waals surface area contributed by atoms with Crippen LogP contribution in [0.4, 0.5) is 0 Å². The topological polar surface area (TPSA) is 66.7 Å². The highest BCUT2D eigenvalue weighted by Crippen LogP contribution is 2.75. The fourth-order valence-corrected chi connectivity index (χ4v) is 11.2. The van der Waals surface area contributed by atoms with E-state index in [0.29, 0.717) is 23.7 Å². The molecule has 0 bridgehead atoms. The molecule has 0 spiro atoms. The maximum absolute atomic E-state index is 12.8. The standard InChI is InChI=1S/C30H47NO3/c1-18-10-13-30(25(32)33)15-14-28(6)21(24(30)19(18)2)8-9-23-27(5)17-20(31-34)16-26(3,4)22(27)11-12-29(23,28)7/h8,18-20,22-24H,9-17H2,1-7H3,(H,32,33). The Kier molecular flexibility index (Phi) is 5.34. The molecular formula is C30H47NO3. The number of carboxylic acid groups (broad SMARTS) is 1. The summed E-state index contributed by atoms with van der Waals surface area (Å²) in [6.45, 7) is 16.9. The number of rotatable bonds is 2. The van der Waals surface area contributed by atoms with Crippen molar-refractivity contribution < 1.29 is 9.90 Å². The number of nitrogens with zero attached hydrogens (tertiary/aromatic N) is 1. The van der Waals surface area contributed by atoms with Crippen LogP contribution >= 0.6 is 0 Å². The molecule has 190 valence electrons. The fraction of sp³-hybridized carbons (Fsp3) is 0.900. The predicted molar refractivity (Wildman–Crippen MR) is 136 cm³/mol. The van der Waals surface area contributed by atoms with Crippen molar-refractivity contribution >= 4 is 5.97 Å². The van der Waals surface area contributed by atoms with Crippen LogP contribution in [-0.2, 0) is 4.79 Å². The van der Waals surface area contributed by atoms with E-state index in [0.717, 1.165) is 44.9 Å². The lowest BCUT2D eigenvalue weighted by Gasteiger charge is -2.71. The number of nitroso groups, excluding NO2 is 1. The summed E-state index contributed by atoms with van der Waals surface area (Å²) in [5.41, 5.74) is 1.31. The lowest BCUT2D eigenvalue weighted by atomic mass is 9.33. The van der Waals surface area contributed by atoms with Crippen LogP contribution in [0, 0.1) is 61.6 Å². The molecule has 0 aliphatic heterocycles. The number of carbonyl (C=O) groups is 1. The van der Waals surface area contributed by atoms with Gasteiger partial charge in [-0.3, -0.25) is 4.79 Å². The summed E-state index contributed by atoms with van der Waals surface area (Å²) in [6, 6.07) is -0.0815. The largest absolute Gasteiger partial charge is 0.481 e. The van der Waals surface area contributed by atoms with Gasteiger partial charge >= 0.3 is 5.97 Å². The number of aliphatic carboxylic acids is 1. The van der Waals surface area contributed by atoms with Gasteiger partial charge in [0.05, 0.1) is 11.5 Å². The molecule has 5 rings (SSSR count). The molecule has 34 heavy (non-hydrogen) atoms. The first-order chi connectivity index (χ1) is 15.8. The van der Waals surface area contributed by atoms with Gasteiger partial charge in [-0.05, 0) is 109 Å². The van der Waals surface area contributed by atoms with E-state index in [9.17, 15) is 14.8 Å². The van der Waals surface area contributed by atoms with Crippen LogP contribution in [0.15, 0.2) is 16.8 Å². The van der Waals surface area contributed by atoms with Gasteiger partial charge in [-0.1, -0.05) is 65.3 Å². The number of fused-ring (bicyclic) bond motifs is 7. The molecule has 10 unspecified atom stereocenters. The molecular weight excluding hydrogens is 422 g/mol. The zero-order valence-corrected chi connectivity index (χ0v) is 22.6. The molecule has 0 aromatic heterocycles. The normalized spacial score (nSPS) is 53.9. The molecule has 10 atom stereocenters. The Morgan fingerprint density at radius 2 is 1.68 bits per heavy atom. The third-order valence-corrected chi connectivity index (χ3v) is 13.2. The molecule has 0 aromatic rings. The molecule has 0 saturated heterocycles. The van der Waals surface area contributed by atoms with Crippen LogP contribution in [0.1, 0.15) is 106 Å². The average molecular weight is 470 g/mol. The molecule has 1 N–H and O–H groups in total. The lowest BCUT2D eigenvalue weighted by Crippen LogP contribution is -2.65. The van der Waals surface area contributed by atoms with Crippen LogP contribution in [0.3, 0.4) is 0 Å². The molecule has 4 heteroatoms. The van der Waals surface area contributed by atoms with Crippen LogP contribution < -0.4 is 0 Å². The summed E-state index contributed by atoms with van der Waals surface area (Å²) < 4.78 is 0. The third kappa shape index (κ3) is 2.86. The van der Waals surface area contributed by atoms with Crippen molar-refractivity contribution in [3.05, 3.63) is 16.6 Å². The number of carboxylic acids is 1. The van der Waals surface area contributed by atoms with E-state index >= 15 is 0 Å². The van der Waals surface area contributed by atoms with E-state index in [1.54, 1.807) is 0 Å². The number of hydrogen-bond donors (Lipinski definition) is 1. The Morgan fingerprint density at radius 3 is 2.32 bits per heavy atom. The van der Waals surface area contributed by atoms with Gasteiger partial charge in [-0.15, -0.1) is 0 Å². The Balaban J connectivity index is 1.62. The quantitative estimate of drug-likeness (QED) is 0.330. The molecule has 0 radical (unpaired) electrons. The molecule has 0 heterocycles. The van der Waals surface area contributed by atoms with Gasteiger partial charge in [-0.25, -0.2) is 0 Å². The van der Waals surface area contributed by atoms with Crippen molar-refractivity contribution in [3.8, 4) is 0 Å². The monoisotopic (exact) mass is 469 g/mol. The predicted octanol–water partition coefficient (Wildman–Crippen LogP) is 7.86. The second-order valence-corrected chi connectivity index (χ2v) is 14.8. The minimum absolute atomic E-state index is 0.0323. The van der Waals surface area contributed by atoms with Gasteiger partial charge in [0.2, 0.25) is 0 Å². The van der Waals surface area contributed by atoms with E-state index in [1.165, 1.54) is 18.4 Å². The van der Waals surface area contributed by atoms with Crippen LogP contribution in [0.2, 0.25) is 0 Å². The number of hydrogen-bond acceptors (Lipinski definition) is 3. The first-order valence-corrected chi connectivity index (χ1v) is 14.0. The third-order valence-electron chi connectivity index (χ3n) is 13.2. The van der Waals surface area contributed by atoms with Gasteiger partial charge in [0.15, 0.2) is 0 Å². The molecule has 5 aliphatic rings. The second kappa shape index (κ2) is 7.42. The summed E-state index contributed by atoms with van der Waals surface area (Å²) >= 11 is 0. The highest BCUT2D eigenvalue weighted by atomic mass is 16.4. The maximum atomic E-state index is 12.8. The zero-order valence-electron chi connectivity index (χ0n) is 22.6. The van der Waals surface area contributed by atoms with Crippen LogP contribution in [-0.4, -0.2) is 17.1 Å². The maximum Gasteiger partial charge on any atom is 0.310 e. The van der Waals surface area contributed by atoms with Crippen molar-refractivity contribution in [1.29, 1.82) is 0 Å². The minimum atomic E-state index is -0.582. The van der Waals surface area contributed by atoms with Crippen molar-refractivity contribution in [2.75, 3.05) is 0 Å². The minimum Gasteiger partial charge on any atom is -0.481 e. The number of allylic oxidation sites excluding steroid dienone is 2. The highest BCUT2D eigenvalue weighted by molar-refractivity contribution is 5.76. The smallest absolute Gasteiger partial charge is 0.310 e. The van der Waals surface area contributed by atoms with Gasteiger partial charge in [-0.2, -0.15) is 4.91 Å². The van der Waals surface area contributed by atoms with E-state index in [-0.39, 0.29) is 33.6 Å². The van der Waals surface area contributed by atoms with Gasteiger partial charge in [0, 0.05) is 0 Å². The first-order valence-electron chi connectivity index (χ1n) is 14.0. The molecule has 4 fully saturated rings. The SMILES string of the molecule is CC1CCC2(C(=O)O)CCC3(C)C(=CCC4C5(C)CC(N=O)CC(C)(C)C5CCC43C)C2C1C. The van der Waals surface area contributed by atoms with E-state index in [2.05, 4.69) is 59.7 Å². The first kappa shape index (κ1) is 24.5. The molecule has 0 aromatic carbocycles. The van der Waals surface area contributed by atoms with Crippen molar-refractivity contribution in [2.24, 2.45) is 61.8 Å². The Hall–Kier alpha value is -1.19. The highest BCUT2D eigenvalue weighted by Gasteiger charge is 2.69. The fourth-order valence-electron chi connectivity index (χ4n) is 11.2. The molecule has 5 aliphatic carbocycles. The van der Waals surface area contributed by atoms with Crippen molar-refractivity contribution in [3.63, 3.8) is 0 Å². The summed E-state index contributed by atoms with van der Waals surface area (Å²) in [5.74, 6) is 1.70. The Morgan fingerprint density at radius 1 is 0.971 bits per heavy atom. The van der Waals surface area contributed by atoms with Gasteiger partial charge < -0.3 is 5.11 Å². The van der Waals surface area contributed by atoms with Crippen LogP contribution in [0.25, 0.3) is 0 Å². The second-order valence-electron chi connectivity index (χ2n) is 14.8. The zero-order chi connectivity index (χ0) is 24.9. The van der Waals surface area contributed by atoms with Crippen molar-refractivity contribution in [2.45, 2.75) is 112 Å². The summed E-state index contributed by atoms with van der Waals surface area (Å²) in [6.07, 6.45) is 11.5. The Labute approximate surface area is 206 Å². The van der Waals surface area contributed by atoms with E-state index in [1.807, 2.05) is 0 Å². The summed E-state index contributed by atoms with van der Waals surface area (Å²) in [4.78, 5) is 24.6. The Bertz CT molecular complexity index is 924.